The zero-order valence-corrected chi connectivity index (χ0v) is 16.5. The minimum absolute atomic E-state index is 0.119. The van der Waals surface area contributed by atoms with Crippen LogP contribution in [0, 0.1) is 0 Å². The Labute approximate surface area is 167 Å². The molecule has 1 N–H and O–H groups in total. The van der Waals surface area contributed by atoms with E-state index in [4.69, 9.17) is 25.8 Å². The second-order valence-corrected chi connectivity index (χ2v) is 6.90. The number of hydrogen-bond donors (Lipinski definition) is 1. The average Bonchev–Trinajstić information content (AvgIpc) is 2.81. The first-order chi connectivity index (χ1) is 13.5. The third-order valence-electron chi connectivity index (χ3n) is 4.67. The molecule has 7 nitrogen and oxygen atoms in total. The molecule has 1 aromatic heterocycles. The highest BCUT2D eigenvalue weighted by Gasteiger charge is 2.25. The number of carboxylic acid groups (broad SMARTS) is 1. The van der Waals surface area contributed by atoms with E-state index in [0.717, 1.165) is 6.42 Å². The van der Waals surface area contributed by atoms with Crippen LogP contribution >= 0.6 is 11.6 Å². The molecule has 1 aliphatic heterocycles. The molecule has 0 saturated heterocycles. The number of aromatic carboxylic acids is 1. The number of nitrogens with zero attached hydrogens (tertiary/aromatic N) is 1. The van der Waals surface area contributed by atoms with E-state index in [0.29, 0.717) is 54.0 Å². The number of pyridine rings is 1. The lowest BCUT2D eigenvalue weighted by molar-refractivity contribution is 0.0694. The summed E-state index contributed by atoms with van der Waals surface area (Å²) in [6.07, 6.45) is 2.81. The molecule has 0 radical (unpaired) electrons. The molecule has 1 atom stereocenters. The first-order valence-corrected chi connectivity index (χ1v) is 9.42. The molecule has 0 amide bonds. The van der Waals surface area contributed by atoms with Gasteiger partial charge in [0.15, 0.2) is 5.43 Å². The van der Waals surface area contributed by atoms with Crippen molar-refractivity contribution < 1.29 is 24.1 Å². The smallest absolute Gasteiger partial charge is 0.341 e. The van der Waals surface area contributed by atoms with E-state index in [1.807, 2.05) is 6.92 Å². The number of aromatic nitrogens is 1. The van der Waals surface area contributed by atoms with E-state index in [1.165, 1.54) is 12.3 Å². The van der Waals surface area contributed by atoms with Crippen LogP contribution in [0.1, 0.15) is 36.2 Å². The standard InChI is InChI=1S/C20H22ClNO6/c1-3-12-11-28-18-9-19(27-6-4-5-26-2)15(21)7-13(18)16-8-17(23)14(20(24)25)10-22(12)16/h7-10,12H,3-6,11H2,1-2H3,(H,24,25)/t12-/m1/s1. The summed E-state index contributed by atoms with van der Waals surface area (Å²) < 4.78 is 18.5. The van der Waals surface area contributed by atoms with E-state index >= 15 is 0 Å². The van der Waals surface area contributed by atoms with Crippen LogP contribution in [0.4, 0.5) is 0 Å². The molecule has 150 valence electrons. The van der Waals surface area contributed by atoms with Crippen LogP contribution in [0.15, 0.2) is 29.2 Å². The van der Waals surface area contributed by atoms with Crippen molar-refractivity contribution in [2.45, 2.75) is 25.8 Å². The number of carbonyl (C=O) groups is 1. The van der Waals surface area contributed by atoms with Crippen LogP contribution in [0.3, 0.4) is 0 Å². The number of carboxylic acids is 1. The lowest BCUT2D eigenvalue weighted by atomic mass is 10.1. The van der Waals surface area contributed by atoms with Crippen molar-refractivity contribution in [1.82, 2.24) is 4.57 Å². The lowest BCUT2D eigenvalue weighted by Crippen LogP contribution is -2.22. The summed E-state index contributed by atoms with van der Waals surface area (Å²) in [5.74, 6) is -0.223. The molecule has 0 spiro atoms. The maximum Gasteiger partial charge on any atom is 0.341 e. The largest absolute Gasteiger partial charge is 0.492 e. The molecule has 2 aromatic rings. The van der Waals surface area contributed by atoms with Crippen molar-refractivity contribution in [3.05, 3.63) is 45.2 Å². The normalized spacial score (nSPS) is 15.2. The molecule has 3 rings (SSSR count). The molecule has 0 saturated carbocycles. The van der Waals surface area contributed by atoms with Crippen LogP contribution in [0.2, 0.25) is 5.02 Å². The summed E-state index contributed by atoms with van der Waals surface area (Å²) in [5, 5.41) is 9.69. The van der Waals surface area contributed by atoms with E-state index in [1.54, 1.807) is 23.8 Å². The number of hydrogen-bond acceptors (Lipinski definition) is 5. The number of rotatable bonds is 7. The molecule has 0 unspecified atom stereocenters. The fraction of sp³-hybridized carbons (Fsp3) is 0.400. The SMILES string of the molecule is CC[C@@H]1COc2cc(OCCCOC)c(Cl)cc2-c2cc(=O)c(C(=O)O)cn21. The van der Waals surface area contributed by atoms with Crippen molar-refractivity contribution in [2.24, 2.45) is 0 Å². The Kier molecular flexibility index (Phi) is 6.26. The van der Waals surface area contributed by atoms with Gasteiger partial charge in [0, 0.05) is 44.0 Å². The molecule has 28 heavy (non-hydrogen) atoms. The third-order valence-corrected chi connectivity index (χ3v) is 4.96. The third kappa shape index (κ3) is 4.00. The van der Waals surface area contributed by atoms with Gasteiger partial charge in [0.25, 0.3) is 0 Å². The molecule has 0 aliphatic carbocycles. The number of ether oxygens (including phenoxy) is 3. The minimum Gasteiger partial charge on any atom is -0.492 e. The molecule has 0 fully saturated rings. The Balaban J connectivity index is 2.07. The highest BCUT2D eigenvalue weighted by atomic mass is 35.5. The zero-order chi connectivity index (χ0) is 20.3. The van der Waals surface area contributed by atoms with Gasteiger partial charge in [0.2, 0.25) is 0 Å². The van der Waals surface area contributed by atoms with E-state index in [9.17, 15) is 14.7 Å². The number of fused-ring (bicyclic) bond motifs is 3. The topological polar surface area (TPSA) is 87.0 Å². The van der Waals surface area contributed by atoms with E-state index in [-0.39, 0.29) is 11.6 Å². The predicted octanol–water partition coefficient (Wildman–Crippen LogP) is 3.63. The van der Waals surface area contributed by atoms with Crippen LogP contribution in [0.5, 0.6) is 11.5 Å². The summed E-state index contributed by atoms with van der Waals surface area (Å²) in [4.78, 5) is 23.7. The van der Waals surface area contributed by atoms with E-state index < -0.39 is 11.4 Å². The van der Waals surface area contributed by atoms with Crippen molar-refractivity contribution in [3.8, 4) is 22.8 Å². The minimum atomic E-state index is -1.25. The van der Waals surface area contributed by atoms with Gasteiger partial charge < -0.3 is 23.9 Å². The quantitative estimate of drug-likeness (QED) is 0.705. The van der Waals surface area contributed by atoms with Gasteiger partial charge in [-0.2, -0.15) is 0 Å². The maximum absolute atomic E-state index is 12.3. The van der Waals surface area contributed by atoms with E-state index in [2.05, 4.69) is 0 Å². The fourth-order valence-electron chi connectivity index (χ4n) is 3.16. The Hall–Kier alpha value is -2.51. The zero-order valence-electron chi connectivity index (χ0n) is 15.7. The van der Waals surface area contributed by atoms with Crippen molar-refractivity contribution in [1.29, 1.82) is 0 Å². The molecular weight excluding hydrogens is 386 g/mol. The van der Waals surface area contributed by atoms with Crippen LogP contribution in [-0.2, 0) is 4.74 Å². The molecule has 0 bridgehead atoms. The van der Waals surface area contributed by atoms with Gasteiger partial charge in [-0.15, -0.1) is 0 Å². The average molecular weight is 408 g/mol. The second kappa shape index (κ2) is 8.67. The van der Waals surface area contributed by atoms with Gasteiger partial charge in [-0.25, -0.2) is 4.79 Å². The number of methoxy groups -OCH3 is 1. The van der Waals surface area contributed by atoms with Gasteiger partial charge in [-0.05, 0) is 12.5 Å². The highest BCUT2D eigenvalue weighted by Crippen LogP contribution is 2.41. The first kappa shape index (κ1) is 20.2. The fourth-order valence-corrected chi connectivity index (χ4v) is 3.38. The maximum atomic E-state index is 12.3. The second-order valence-electron chi connectivity index (χ2n) is 6.50. The van der Waals surface area contributed by atoms with Crippen LogP contribution < -0.4 is 14.9 Å². The van der Waals surface area contributed by atoms with Crippen LogP contribution in [0.25, 0.3) is 11.3 Å². The monoisotopic (exact) mass is 407 g/mol. The Bertz CT molecular complexity index is 939. The summed E-state index contributed by atoms with van der Waals surface area (Å²) in [6.45, 7) is 3.34. The molecule has 1 aliphatic rings. The van der Waals surface area contributed by atoms with Crippen molar-refractivity contribution in [2.75, 3.05) is 26.9 Å². The van der Waals surface area contributed by atoms with Gasteiger partial charge in [0.05, 0.1) is 23.4 Å². The lowest BCUT2D eigenvalue weighted by Gasteiger charge is -2.19. The number of halogens is 1. The summed E-state index contributed by atoms with van der Waals surface area (Å²) in [5.41, 5.74) is 0.369. The molecular formula is C20H22ClNO6. The van der Waals surface area contributed by atoms with Gasteiger partial charge in [-0.3, -0.25) is 4.79 Å². The van der Waals surface area contributed by atoms with Gasteiger partial charge in [-0.1, -0.05) is 18.5 Å². The summed E-state index contributed by atoms with van der Waals surface area (Å²) in [6, 6.07) is 4.61. The molecule has 2 heterocycles. The summed E-state index contributed by atoms with van der Waals surface area (Å²) in [7, 11) is 1.63. The molecule has 8 heteroatoms. The first-order valence-electron chi connectivity index (χ1n) is 9.04. The summed E-state index contributed by atoms with van der Waals surface area (Å²) >= 11 is 6.39. The van der Waals surface area contributed by atoms with Crippen molar-refractivity contribution >= 4 is 17.6 Å². The van der Waals surface area contributed by atoms with Gasteiger partial charge in [0.1, 0.15) is 23.7 Å². The molecule has 1 aromatic carbocycles. The number of benzene rings is 1. The predicted molar refractivity (Wildman–Crippen MR) is 105 cm³/mol. The van der Waals surface area contributed by atoms with Crippen molar-refractivity contribution in [3.63, 3.8) is 0 Å². The Morgan fingerprint density at radius 1 is 1.36 bits per heavy atom. The Morgan fingerprint density at radius 2 is 2.14 bits per heavy atom. The highest BCUT2D eigenvalue weighted by molar-refractivity contribution is 6.32. The Morgan fingerprint density at radius 3 is 2.82 bits per heavy atom. The van der Waals surface area contributed by atoms with Crippen LogP contribution in [-0.4, -0.2) is 42.6 Å². The van der Waals surface area contributed by atoms with Gasteiger partial charge >= 0.3 is 5.97 Å².